The first kappa shape index (κ1) is 28.7. The SMILES string of the molecule is CC[C@@H](C)NC(=O)[C@H](C)N(Cc1ccc(Cl)cc1)C(=O)CCCN(c1ccccc1C)S(C)(=O)=O. The summed E-state index contributed by atoms with van der Waals surface area (Å²) in [5, 5.41) is 3.53. The van der Waals surface area contributed by atoms with Crippen LogP contribution in [0.3, 0.4) is 0 Å². The normalized spacial score (nSPS) is 13.1. The third-order valence-corrected chi connectivity index (χ3v) is 7.40. The van der Waals surface area contributed by atoms with Crippen molar-refractivity contribution in [3.8, 4) is 0 Å². The fourth-order valence-electron chi connectivity index (χ4n) is 3.66. The van der Waals surface area contributed by atoms with Gasteiger partial charge in [0.2, 0.25) is 21.8 Å². The second kappa shape index (κ2) is 12.9. The van der Waals surface area contributed by atoms with Crippen LogP contribution in [0.25, 0.3) is 0 Å². The highest BCUT2D eigenvalue weighted by Gasteiger charge is 2.27. The van der Waals surface area contributed by atoms with E-state index >= 15 is 0 Å². The van der Waals surface area contributed by atoms with Gasteiger partial charge in [0.05, 0.1) is 11.9 Å². The quantitative estimate of drug-likeness (QED) is 0.444. The molecule has 2 aromatic carbocycles. The number of amides is 2. The van der Waals surface area contributed by atoms with Crippen molar-refractivity contribution < 1.29 is 18.0 Å². The van der Waals surface area contributed by atoms with Crippen LogP contribution in [0.15, 0.2) is 48.5 Å². The lowest BCUT2D eigenvalue weighted by Gasteiger charge is -2.30. The third-order valence-electron chi connectivity index (χ3n) is 5.97. The van der Waals surface area contributed by atoms with E-state index in [1.807, 2.05) is 45.0 Å². The number of halogens is 1. The minimum atomic E-state index is -3.53. The average Bonchev–Trinajstić information content (AvgIpc) is 2.80. The number of carbonyl (C=O) groups is 2. The first-order chi connectivity index (χ1) is 16.4. The summed E-state index contributed by atoms with van der Waals surface area (Å²) in [5.74, 6) is -0.440. The average molecular weight is 522 g/mol. The third kappa shape index (κ3) is 8.54. The molecule has 0 heterocycles. The standard InChI is InChI=1S/C26H36ClN3O4S/c1-6-20(3)28-26(32)21(4)29(18-22-13-15-23(27)16-14-22)25(31)12-9-17-30(35(5,33)34)24-11-8-7-10-19(24)2/h7-8,10-11,13-16,20-21H,6,9,12,17-18H2,1-5H3,(H,28,32)/t20-,21+/m1/s1. The van der Waals surface area contributed by atoms with Crippen molar-refractivity contribution in [2.75, 3.05) is 17.1 Å². The molecule has 1 N–H and O–H groups in total. The summed E-state index contributed by atoms with van der Waals surface area (Å²) in [4.78, 5) is 27.7. The summed E-state index contributed by atoms with van der Waals surface area (Å²) < 4.78 is 26.2. The molecular formula is C26H36ClN3O4S. The minimum Gasteiger partial charge on any atom is -0.352 e. The van der Waals surface area contributed by atoms with Gasteiger partial charge in [-0.3, -0.25) is 13.9 Å². The van der Waals surface area contributed by atoms with Gasteiger partial charge >= 0.3 is 0 Å². The Morgan fingerprint density at radius 1 is 1.06 bits per heavy atom. The largest absolute Gasteiger partial charge is 0.352 e. The Balaban J connectivity index is 2.17. The highest BCUT2D eigenvalue weighted by molar-refractivity contribution is 7.92. The van der Waals surface area contributed by atoms with Gasteiger partial charge < -0.3 is 10.2 Å². The molecule has 0 aliphatic carbocycles. The van der Waals surface area contributed by atoms with Gasteiger partial charge in [0.25, 0.3) is 0 Å². The van der Waals surface area contributed by atoms with Crippen LogP contribution in [0, 0.1) is 6.92 Å². The summed E-state index contributed by atoms with van der Waals surface area (Å²) in [7, 11) is -3.53. The zero-order valence-corrected chi connectivity index (χ0v) is 22.7. The van der Waals surface area contributed by atoms with Crippen LogP contribution in [0.2, 0.25) is 5.02 Å². The minimum absolute atomic E-state index is 0.00475. The molecule has 0 saturated carbocycles. The highest BCUT2D eigenvalue weighted by atomic mass is 35.5. The zero-order valence-electron chi connectivity index (χ0n) is 21.1. The molecular weight excluding hydrogens is 486 g/mol. The number of hydrogen-bond acceptors (Lipinski definition) is 4. The molecule has 2 atom stereocenters. The van der Waals surface area contributed by atoms with Crippen molar-refractivity contribution in [1.82, 2.24) is 10.2 Å². The molecule has 2 aromatic rings. The van der Waals surface area contributed by atoms with Crippen molar-refractivity contribution >= 4 is 39.1 Å². The topological polar surface area (TPSA) is 86.8 Å². The van der Waals surface area contributed by atoms with Crippen molar-refractivity contribution in [2.24, 2.45) is 0 Å². The molecule has 0 unspecified atom stereocenters. The molecule has 9 heteroatoms. The molecule has 2 amide bonds. The van der Waals surface area contributed by atoms with Gasteiger partial charge in [-0.2, -0.15) is 0 Å². The Morgan fingerprint density at radius 2 is 1.69 bits per heavy atom. The van der Waals surface area contributed by atoms with Crippen LogP contribution in [-0.2, 0) is 26.2 Å². The first-order valence-corrected chi connectivity index (χ1v) is 14.0. The molecule has 7 nitrogen and oxygen atoms in total. The number of aryl methyl sites for hydroxylation is 1. The van der Waals surface area contributed by atoms with E-state index in [-0.39, 0.29) is 37.4 Å². The molecule has 0 aliphatic rings. The second-order valence-corrected chi connectivity index (χ2v) is 11.2. The fourth-order valence-corrected chi connectivity index (χ4v) is 4.81. The molecule has 0 aliphatic heterocycles. The van der Waals surface area contributed by atoms with E-state index in [0.29, 0.717) is 17.1 Å². The van der Waals surface area contributed by atoms with E-state index in [1.165, 1.54) is 4.31 Å². The lowest BCUT2D eigenvalue weighted by Crippen LogP contribution is -2.49. The molecule has 0 radical (unpaired) electrons. The van der Waals surface area contributed by atoms with E-state index in [2.05, 4.69) is 5.32 Å². The van der Waals surface area contributed by atoms with Crippen molar-refractivity contribution in [3.05, 3.63) is 64.7 Å². The number of nitrogens with one attached hydrogen (secondary N) is 1. The maximum atomic E-state index is 13.3. The molecule has 0 aromatic heterocycles. The molecule has 192 valence electrons. The second-order valence-electron chi connectivity index (χ2n) is 8.87. The Kier molecular flexibility index (Phi) is 10.6. The van der Waals surface area contributed by atoms with Gasteiger partial charge in [-0.25, -0.2) is 8.42 Å². The monoisotopic (exact) mass is 521 g/mol. The maximum Gasteiger partial charge on any atom is 0.242 e. The number of benzene rings is 2. The first-order valence-electron chi connectivity index (χ1n) is 11.8. The van der Waals surface area contributed by atoms with E-state index in [9.17, 15) is 18.0 Å². The Morgan fingerprint density at radius 3 is 2.26 bits per heavy atom. The molecule has 0 fully saturated rings. The van der Waals surface area contributed by atoms with Gasteiger partial charge in [-0.05, 0) is 62.9 Å². The summed E-state index contributed by atoms with van der Waals surface area (Å²) in [6, 6.07) is 13.7. The van der Waals surface area contributed by atoms with Gasteiger partial charge in [0.1, 0.15) is 6.04 Å². The number of para-hydroxylation sites is 1. The maximum absolute atomic E-state index is 13.3. The van der Waals surface area contributed by atoms with Gasteiger partial charge in [-0.15, -0.1) is 0 Å². The number of carbonyl (C=O) groups excluding carboxylic acids is 2. The van der Waals surface area contributed by atoms with Crippen molar-refractivity contribution in [3.63, 3.8) is 0 Å². The van der Waals surface area contributed by atoms with E-state index in [1.54, 1.807) is 36.1 Å². The fraction of sp³-hybridized carbons (Fsp3) is 0.462. The smallest absolute Gasteiger partial charge is 0.242 e. The molecule has 2 rings (SSSR count). The number of nitrogens with zero attached hydrogens (tertiary/aromatic N) is 2. The predicted molar refractivity (Wildman–Crippen MR) is 142 cm³/mol. The van der Waals surface area contributed by atoms with Crippen LogP contribution in [0.5, 0.6) is 0 Å². The predicted octanol–water partition coefficient (Wildman–Crippen LogP) is 4.53. The van der Waals surface area contributed by atoms with Gasteiger partial charge in [0.15, 0.2) is 0 Å². The van der Waals surface area contributed by atoms with Crippen LogP contribution < -0.4 is 9.62 Å². The van der Waals surface area contributed by atoms with E-state index < -0.39 is 16.1 Å². The van der Waals surface area contributed by atoms with Gasteiger partial charge in [0, 0.05) is 30.6 Å². The lowest BCUT2D eigenvalue weighted by atomic mass is 10.1. The van der Waals surface area contributed by atoms with E-state index in [4.69, 9.17) is 11.6 Å². The highest BCUT2D eigenvalue weighted by Crippen LogP contribution is 2.23. The van der Waals surface area contributed by atoms with Crippen molar-refractivity contribution in [1.29, 1.82) is 0 Å². The lowest BCUT2D eigenvalue weighted by molar-refractivity contribution is -0.140. The number of anilines is 1. The summed E-state index contributed by atoms with van der Waals surface area (Å²) in [5.41, 5.74) is 2.29. The van der Waals surface area contributed by atoms with Crippen LogP contribution in [0.4, 0.5) is 5.69 Å². The van der Waals surface area contributed by atoms with Crippen LogP contribution in [-0.4, -0.2) is 50.0 Å². The Bertz CT molecular complexity index is 1110. The van der Waals surface area contributed by atoms with Crippen LogP contribution in [0.1, 0.15) is 51.2 Å². The van der Waals surface area contributed by atoms with Crippen LogP contribution >= 0.6 is 11.6 Å². The summed E-state index contributed by atoms with van der Waals surface area (Å²) in [6.07, 6.45) is 2.36. The Hall–Kier alpha value is -2.58. The number of sulfonamides is 1. The van der Waals surface area contributed by atoms with Gasteiger partial charge in [-0.1, -0.05) is 48.9 Å². The molecule has 0 bridgehead atoms. The summed E-state index contributed by atoms with van der Waals surface area (Å²) >= 11 is 6.00. The molecule has 0 saturated heterocycles. The Labute approximate surface area is 214 Å². The number of rotatable bonds is 12. The summed E-state index contributed by atoms with van der Waals surface area (Å²) in [6.45, 7) is 7.87. The molecule has 0 spiro atoms. The number of hydrogen-bond donors (Lipinski definition) is 1. The zero-order chi connectivity index (χ0) is 26.2. The van der Waals surface area contributed by atoms with Crippen molar-refractivity contribution in [2.45, 2.75) is 65.6 Å². The molecule has 35 heavy (non-hydrogen) atoms. The van der Waals surface area contributed by atoms with E-state index in [0.717, 1.165) is 23.8 Å².